The molecule has 23 heavy (non-hydrogen) atoms. The van der Waals surface area contributed by atoms with E-state index in [1.165, 1.54) is 0 Å². The van der Waals surface area contributed by atoms with Gasteiger partial charge in [-0.2, -0.15) is 5.10 Å². The first-order chi connectivity index (χ1) is 10.8. The molecule has 1 N–H and O–H groups in total. The number of nitrogens with zero attached hydrogens (tertiary/aromatic N) is 2. The van der Waals surface area contributed by atoms with Crippen LogP contribution >= 0.6 is 0 Å². The molecule has 1 atom stereocenters. The molecule has 0 bridgehead atoms. The van der Waals surface area contributed by atoms with Crippen LogP contribution in [0.5, 0.6) is 5.75 Å². The SMILES string of the molecule is CCOc1ccc(C(C)NS(=O)(=O)c2c(C)nn(C)c2C)cc1. The molecule has 2 aromatic rings. The van der Waals surface area contributed by atoms with E-state index in [-0.39, 0.29) is 10.9 Å². The molecule has 0 saturated carbocycles. The maximum Gasteiger partial charge on any atom is 0.244 e. The Morgan fingerprint density at radius 2 is 1.87 bits per heavy atom. The highest BCUT2D eigenvalue weighted by Crippen LogP contribution is 2.23. The highest BCUT2D eigenvalue weighted by Gasteiger charge is 2.25. The fourth-order valence-corrected chi connectivity index (χ4v) is 4.19. The van der Waals surface area contributed by atoms with Gasteiger partial charge in [0.05, 0.1) is 18.0 Å². The lowest BCUT2D eigenvalue weighted by molar-refractivity contribution is 0.340. The number of hydrogen-bond acceptors (Lipinski definition) is 4. The van der Waals surface area contributed by atoms with E-state index in [1.807, 2.05) is 38.1 Å². The zero-order chi connectivity index (χ0) is 17.2. The summed E-state index contributed by atoms with van der Waals surface area (Å²) in [6, 6.07) is 7.05. The molecule has 0 aliphatic carbocycles. The predicted octanol–water partition coefficient (Wildman–Crippen LogP) is 2.48. The summed E-state index contributed by atoms with van der Waals surface area (Å²) < 4.78 is 35.0. The summed E-state index contributed by atoms with van der Waals surface area (Å²) in [4.78, 5) is 0.248. The van der Waals surface area contributed by atoms with Gasteiger partial charge in [0.15, 0.2) is 0 Å². The maximum absolute atomic E-state index is 12.7. The molecule has 0 aliphatic heterocycles. The van der Waals surface area contributed by atoms with Gasteiger partial charge in [-0.05, 0) is 45.4 Å². The normalized spacial score (nSPS) is 13.1. The van der Waals surface area contributed by atoms with Crippen molar-refractivity contribution in [2.45, 2.75) is 38.6 Å². The fraction of sp³-hybridized carbons (Fsp3) is 0.438. The van der Waals surface area contributed by atoms with Crippen LogP contribution in [0.3, 0.4) is 0 Å². The average molecular weight is 337 g/mol. The van der Waals surface area contributed by atoms with Crippen molar-refractivity contribution in [2.75, 3.05) is 6.61 Å². The molecule has 1 unspecified atom stereocenters. The molecule has 6 nitrogen and oxygen atoms in total. The lowest BCUT2D eigenvalue weighted by atomic mass is 10.1. The fourth-order valence-electron chi connectivity index (χ4n) is 2.52. The molecular formula is C16H23N3O3S. The van der Waals surface area contributed by atoms with Gasteiger partial charge in [-0.3, -0.25) is 4.68 Å². The Bertz CT molecular complexity index is 780. The topological polar surface area (TPSA) is 73.2 Å². The van der Waals surface area contributed by atoms with E-state index in [4.69, 9.17) is 4.74 Å². The Labute approximate surface area is 137 Å². The van der Waals surface area contributed by atoms with Crippen LogP contribution in [-0.4, -0.2) is 24.8 Å². The van der Waals surface area contributed by atoms with Gasteiger partial charge < -0.3 is 4.74 Å². The largest absolute Gasteiger partial charge is 0.494 e. The third-order valence-electron chi connectivity index (χ3n) is 3.73. The van der Waals surface area contributed by atoms with E-state index < -0.39 is 10.0 Å². The van der Waals surface area contributed by atoms with Gasteiger partial charge in [-0.15, -0.1) is 0 Å². The molecular weight excluding hydrogens is 314 g/mol. The van der Waals surface area contributed by atoms with Gasteiger partial charge >= 0.3 is 0 Å². The molecule has 0 saturated heterocycles. The minimum Gasteiger partial charge on any atom is -0.494 e. The van der Waals surface area contributed by atoms with Crippen LogP contribution in [0.15, 0.2) is 29.2 Å². The van der Waals surface area contributed by atoms with E-state index in [0.717, 1.165) is 11.3 Å². The van der Waals surface area contributed by atoms with Crippen molar-refractivity contribution in [3.63, 3.8) is 0 Å². The third-order valence-corrected chi connectivity index (χ3v) is 5.53. The number of rotatable bonds is 6. The Balaban J connectivity index is 2.22. The lowest BCUT2D eigenvalue weighted by Crippen LogP contribution is -2.27. The highest BCUT2D eigenvalue weighted by molar-refractivity contribution is 7.89. The minimum atomic E-state index is -3.63. The van der Waals surface area contributed by atoms with Gasteiger partial charge in [-0.1, -0.05) is 12.1 Å². The van der Waals surface area contributed by atoms with Gasteiger partial charge in [0.25, 0.3) is 0 Å². The first-order valence-corrected chi connectivity index (χ1v) is 9.00. The molecule has 0 aliphatic rings. The Hall–Kier alpha value is -1.86. The summed E-state index contributed by atoms with van der Waals surface area (Å²) in [5.74, 6) is 0.769. The van der Waals surface area contributed by atoms with Gasteiger partial charge in [-0.25, -0.2) is 13.1 Å². The predicted molar refractivity (Wildman–Crippen MR) is 89.0 cm³/mol. The molecule has 2 rings (SSSR count). The van der Waals surface area contributed by atoms with Crippen molar-refractivity contribution in [3.8, 4) is 5.75 Å². The highest BCUT2D eigenvalue weighted by atomic mass is 32.2. The zero-order valence-corrected chi connectivity index (χ0v) is 14.9. The Morgan fingerprint density at radius 1 is 1.26 bits per heavy atom. The van der Waals surface area contributed by atoms with Crippen LogP contribution in [0.1, 0.15) is 36.8 Å². The third kappa shape index (κ3) is 3.73. The van der Waals surface area contributed by atoms with Crippen molar-refractivity contribution in [3.05, 3.63) is 41.2 Å². The minimum absolute atomic E-state index is 0.248. The molecule has 1 aromatic carbocycles. The Morgan fingerprint density at radius 3 is 2.35 bits per heavy atom. The lowest BCUT2D eigenvalue weighted by Gasteiger charge is -2.15. The maximum atomic E-state index is 12.7. The number of aromatic nitrogens is 2. The molecule has 126 valence electrons. The quantitative estimate of drug-likeness (QED) is 0.879. The number of hydrogen-bond donors (Lipinski definition) is 1. The van der Waals surface area contributed by atoms with Crippen LogP contribution in [0.25, 0.3) is 0 Å². The zero-order valence-electron chi connectivity index (χ0n) is 14.1. The monoisotopic (exact) mass is 337 g/mol. The van der Waals surface area contributed by atoms with E-state index in [2.05, 4.69) is 9.82 Å². The molecule has 0 spiro atoms. The smallest absolute Gasteiger partial charge is 0.244 e. The van der Waals surface area contributed by atoms with Crippen molar-refractivity contribution >= 4 is 10.0 Å². The van der Waals surface area contributed by atoms with Crippen LogP contribution in [0.4, 0.5) is 0 Å². The van der Waals surface area contributed by atoms with Crippen LogP contribution < -0.4 is 9.46 Å². The van der Waals surface area contributed by atoms with Crippen molar-refractivity contribution in [2.24, 2.45) is 7.05 Å². The number of benzene rings is 1. The number of sulfonamides is 1. The molecule has 1 aromatic heterocycles. The number of nitrogens with one attached hydrogen (secondary N) is 1. The van der Waals surface area contributed by atoms with E-state index in [9.17, 15) is 8.42 Å². The summed E-state index contributed by atoms with van der Waals surface area (Å²) in [6.07, 6.45) is 0. The van der Waals surface area contributed by atoms with E-state index in [1.54, 1.807) is 25.6 Å². The van der Waals surface area contributed by atoms with Crippen LogP contribution in [0, 0.1) is 13.8 Å². The summed E-state index contributed by atoms with van der Waals surface area (Å²) in [5.41, 5.74) is 1.99. The number of aryl methyl sites for hydroxylation is 2. The first kappa shape index (κ1) is 17.5. The van der Waals surface area contributed by atoms with Crippen molar-refractivity contribution in [1.29, 1.82) is 0 Å². The molecule has 0 fully saturated rings. The molecule has 0 radical (unpaired) electrons. The summed E-state index contributed by atoms with van der Waals surface area (Å²) in [5, 5.41) is 4.17. The van der Waals surface area contributed by atoms with Crippen molar-refractivity contribution in [1.82, 2.24) is 14.5 Å². The second-order valence-corrected chi connectivity index (χ2v) is 7.12. The second kappa shape index (κ2) is 6.72. The van der Waals surface area contributed by atoms with E-state index in [0.29, 0.717) is 18.0 Å². The van der Waals surface area contributed by atoms with Gasteiger partial charge in [0, 0.05) is 13.1 Å². The standard InChI is InChI=1S/C16H23N3O3S/c1-6-22-15-9-7-14(8-10-15)11(2)18-23(20,21)16-12(3)17-19(5)13(16)4/h7-11,18H,6H2,1-5H3. The summed E-state index contributed by atoms with van der Waals surface area (Å²) in [6.45, 7) is 7.78. The van der Waals surface area contributed by atoms with Crippen molar-refractivity contribution < 1.29 is 13.2 Å². The molecule has 7 heteroatoms. The average Bonchev–Trinajstić information content (AvgIpc) is 2.73. The van der Waals surface area contributed by atoms with E-state index >= 15 is 0 Å². The van der Waals surface area contributed by atoms with Crippen LogP contribution in [0.2, 0.25) is 0 Å². The summed E-state index contributed by atoms with van der Waals surface area (Å²) in [7, 11) is -1.90. The second-order valence-electron chi connectivity index (χ2n) is 5.47. The number of ether oxygens (including phenoxy) is 1. The molecule has 0 amide bonds. The van der Waals surface area contributed by atoms with Crippen LogP contribution in [-0.2, 0) is 17.1 Å². The molecule has 1 heterocycles. The Kier molecular flexibility index (Phi) is 5.11. The first-order valence-electron chi connectivity index (χ1n) is 7.51. The summed E-state index contributed by atoms with van der Waals surface area (Å²) >= 11 is 0. The van der Waals surface area contributed by atoms with Gasteiger partial charge in [0.2, 0.25) is 10.0 Å². The van der Waals surface area contributed by atoms with Gasteiger partial charge in [0.1, 0.15) is 10.6 Å².